The van der Waals surface area contributed by atoms with Gasteiger partial charge >= 0.3 is 0 Å². The molecule has 0 aromatic rings. The quantitative estimate of drug-likeness (QED) is 0.675. The molecule has 0 amide bonds. The maximum Gasteiger partial charge on any atom is 0.0668 e. The number of aliphatic hydroxyl groups is 1. The highest BCUT2D eigenvalue weighted by molar-refractivity contribution is 5.21. The predicted octanol–water partition coefficient (Wildman–Crippen LogP) is 1.51. The molecule has 0 saturated heterocycles. The van der Waals surface area contributed by atoms with Gasteiger partial charge in [-0.1, -0.05) is 24.3 Å². The minimum absolute atomic E-state index is 0.302. The van der Waals surface area contributed by atoms with Gasteiger partial charge < -0.3 is 10.8 Å². The van der Waals surface area contributed by atoms with Crippen LogP contribution in [0.3, 0.4) is 0 Å². The van der Waals surface area contributed by atoms with Gasteiger partial charge in [0.25, 0.3) is 0 Å². The molecule has 72 valence electrons. The summed E-state index contributed by atoms with van der Waals surface area (Å²) in [7, 11) is 0. The van der Waals surface area contributed by atoms with Crippen LogP contribution in [0, 0.1) is 0 Å². The van der Waals surface area contributed by atoms with Crippen molar-refractivity contribution in [1.82, 2.24) is 0 Å². The van der Waals surface area contributed by atoms with Crippen molar-refractivity contribution in [3.8, 4) is 0 Å². The smallest absolute Gasteiger partial charge is 0.0668 e. The fraction of sp³-hybridized carbons (Fsp3) is 0.636. The average Bonchev–Trinajstić information content (AvgIpc) is 2.02. The first-order valence-corrected chi connectivity index (χ1v) is 4.98. The van der Waals surface area contributed by atoms with E-state index in [4.69, 9.17) is 5.73 Å². The van der Waals surface area contributed by atoms with Gasteiger partial charge in [-0.2, -0.15) is 0 Å². The Balaban J connectivity index is 2.00. The van der Waals surface area contributed by atoms with Crippen LogP contribution in [0.2, 0.25) is 0 Å². The predicted molar refractivity (Wildman–Crippen MR) is 53.2 cm³/mol. The van der Waals surface area contributed by atoms with Crippen LogP contribution in [0.1, 0.15) is 32.1 Å². The highest BCUT2D eigenvalue weighted by Crippen LogP contribution is 2.39. The average molecular weight is 179 g/mol. The van der Waals surface area contributed by atoms with Gasteiger partial charge in [0.15, 0.2) is 0 Å². The Hall–Kier alpha value is -0.600. The Morgan fingerprint density at radius 3 is 2.54 bits per heavy atom. The molecule has 2 rings (SSSR count). The zero-order valence-corrected chi connectivity index (χ0v) is 7.87. The molecule has 2 nitrogen and oxygen atoms in total. The summed E-state index contributed by atoms with van der Waals surface area (Å²) in [5, 5.41) is 9.99. The maximum absolute atomic E-state index is 9.99. The monoisotopic (exact) mass is 179 g/mol. The van der Waals surface area contributed by atoms with E-state index in [1.807, 2.05) is 18.2 Å². The molecule has 0 heterocycles. The van der Waals surface area contributed by atoms with Crippen molar-refractivity contribution in [2.24, 2.45) is 5.73 Å². The minimum atomic E-state index is -0.468. The Kier molecular flexibility index (Phi) is 2.05. The van der Waals surface area contributed by atoms with E-state index in [1.54, 1.807) is 0 Å². The number of hydrogen-bond acceptors (Lipinski definition) is 2. The van der Waals surface area contributed by atoms with E-state index in [1.165, 1.54) is 0 Å². The summed E-state index contributed by atoms with van der Waals surface area (Å²) in [5.41, 5.74) is 5.39. The third-order valence-electron chi connectivity index (χ3n) is 3.12. The molecule has 2 heteroatoms. The highest BCUT2D eigenvalue weighted by atomic mass is 16.3. The molecule has 0 unspecified atom stereocenters. The lowest BCUT2D eigenvalue weighted by Gasteiger charge is -2.42. The van der Waals surface area contributed by atoms with Gasteiger partial charge in [0.2, 0.25) is 0 Å². The number of nitrogens with two attached hydrogens (primary N) is 1. The lowest BCUT2D eigenvalue weighted by atomic mass is 9.70. The van der Waals surface area contributed by atoms with Crippen LogP contribution in [-0.4, -0.2) is 16.2 Å². The van der Waals surface area contributed by atoms with Gasteiger partial charge in [-0.05, 0) is 32.1 Å². The van der Waals surface area contributed by atoms with E-state index >= 15 is 0 Å². The summed E-state index contributed by atoms with van der Waals surface area (Å²) < 4.78 is 0. The zero-order chi connectivity index (χ0) is 9.36. The van der Waals surface area contributed by atoms with E-state index in [0.717, 1.165) is 25.7 Å². The van der Waals surface area contributed by atoms with Crippen LogP contribution in [0.15, 0.2) is 24.3 Å². The standard InChI is InChI=1S/C11H17NO/c12-10(5-2-1-3-6-10)9-11(13)7-4-8-11/h1-3,5,13H,4,6-9,12H2/t10-/m1/s1. The first-order chi connectivity index (χ1) is 6.12. The topological polar surface area (TPSA) is 46.2 Å². The van der Waals surface area contributed by atoms with Crippen molar-refractivity contribution < 1.29 is 5.11 Å². The van der Waals surface area contributed by atoms with Gasteiger partial charge in [0.1, 0.15) is 0 Å². The Labute approximate surface area is 79.1 Å². The third kappa shape index (κ3) is 1.84. The lowest BCUT2D eigenvalue weighted by molar-refractivity contribution is -0.0517. The molecule has 2 aliphatic rings. The molecule has 3 N–H and O–H groups in total. The number of allylic oxidation sites excluding steroid dienone is 2. The van der Waals surface area contributed by atoms with E-state index in [0.29, 0.717) is 6.42 Å². The normalized spacial score (nSPS) is 35.8. The molecular formula is C11H17NO. The van der Waals surface area contributed by atoms with E-state index in [-0.39, 0.29) is 5.54 Å². The second kappa shape index (κ2) is 2.96. The second-order valence-electron chi connectivity index (χ2n) is 4.48. The molecule has 0 radical (unpaired) electrons. The van der Waals surface area contributed by atoms with Gasteiger partial charge in [-0.15, -0.1) is 0 Å². The maximum atomic E-state index is 9.99. The molecule has 0 aromatic heterocycles. The Bertz CT molecular complexity index is 253. The minimum Gasteiger partial charge on any atom is -0.390 e. The van der Waals surface area contributed by atoms with E-state index in [9.17, 15) is 5.11 Å². The molecule has 0 spiro atoms. The third-order valence-corrected chi connectivity index (χ3v) is 3.12. The Morgan fingerprint density at radius 2 is 2.08 bits per heavy atom. The van der Waals surface area contributed by atoms with E-state index < -0.39 is 5.60 Å². The first kappa shape index (κ1) is 8.97. The fourth-order valence-electron chi connectivity index (χ4n) is 2.19. The highest BCUT2D eigenvalue weighted by Gasteiger charge is 2.40. The molecule has 2 aliphatic carbocycles. The fourth-order valence-corrected chi connectivity index (χ4v) is 2.19. The summed E-state index contributed by atoms with van der Waals surface area (Å²) in [6.45, 7) is 0. The van der Waals surface area contributed by atoms with E-state index in [2.05, 4.69) is 6.08 Å². The van der Waals surface area contributed by atoms with Crippen molar-refractivity contribution in [2.75, 3.05) is 0 Å². The van der Waals surface area contributed by atoms with Crippen molar-refractivity contribution in [3.05, 3.63) is 24.3 Å². The summed E-state index contributed by atoms with van der Waals surface area (Å²) in [6, 6.07) is 0. The van der Waals surface area contributed by atoms with Gasteiger partial charge in [0, 0.05) is 5.54 Å². The SMILES string of the molecule is N[C@]1(CC2(O)CCC2)C=CC=CC1. The molecular weight excluding hydrogens is 162 g/mol. The molecule has 1 saturated carbocycles. The number of hydrogen-bond donors (Lipinski definition) is 2. The van der Waals surface area contributed by atoms with Crippen LogP contribution in [-0.2, 0) is 0 Å². The summed E-state index contributed by atoms with van der Waals surface area (Å²) in [5.74, 6) is 0. The molecule has 1 fully saturated rings. The van der Waals surface area contributed by atoms with Crippen molar-refractivity contribution in [3.63, 3.8) is 0 Å². The second-order valence-corrected chi connectivity index (χ2v) is 4.48. The molecule has 13 heavy (non-hydrogen) atoms. The summed E-state index contributed by atoms with van der Waals surface area (Å²) in [6.07, 6.45) is 12.6. The van der Waals surface area contributed by atoms with Gasteiger partial charge in [-0.25, -0.2) is 0 Å². The van der Waals surface area contributed by atoms with Crippen LogP contribution in [0.4, 0.5) is 0 Å². The van der Waals surface area contributed by atoms with Crippen LogP contribution in [0.25, 0.3) is 0 Å². The van der Waals surface area contributed by atoms with Gasteiger partial charge in [0.05, 0.1) is 5.60 Å². The van der Waals surface area contributed by atoms with Crippen molar-refractivity contribution in [1.29, 1.82) is 0 Å². The largest absolute Gasteiger partial charge is 0.390 e. The first-order valence-electron chi connectivity index (χ1n) is 4.98. The van der Waals surface area contributed by atoms with Crippen molar-refractivity contribution >= 4 is 0 Å². The molecule has 1 atom stereocenters. The molecule has 0 bridgehead atoms. The molecule has 0 aromatic carbocycles. The van der Waals surface area contributed by atoms with Crippen LogP contribution < -0.4 is 5.73 Å². The lowest BCUT2D eigenvalue weighted by Crippen LogP contribution is -2.49. The van der Waals surface area contributed by atoms with Crippen LogP contribution in [0.5, 0.6) is 0 Å². The Morgan fingerprint density at radius 1 is 1.31 bits per heavy atom. The van der Waals surface area contributed by atoms with Gasteiger partial charge in [-0.3, -0.25) is 0 Å². The van der Waals surface area contributed by atoms with Crippen molar-refractivity contribution in [2.45, 2.75) is 43.2 Å². The number of rotatable bonds is 2. The zero-order valence-electron chi connectivity index (χ0n) is 7.87. The molecule has 0 aliphatic heterocycles. The van der Waals surface area contributed by atoms with Crippen LogP contribution >= 0.6 is 0 Å². The summed E-state index contributed by atoms with van der Waals surface area (Å²) >= 11 is 0. The summed E-state index contributed by atoms with van der Waals surface area (Å²) in [4.78, 5) is 0.